The molecule has 4 nitrogen and oxygen atoms in total. The molecule has 2 unspecified atom stereocenters. The summed E-state index contributed by atoms with van der Waals surface area (Å²) in [6, 6.07) is 7.90. The van der Waals surface area contributed by atoms with Gasteiger partial charge < -0.3 is 10.2 Å². The number of nitrogens with zero attached hydrogens (tertiary/aromatic N) is 1. The van der Waals surface area contributed by atoms with Crippen LogP contribution in [0.25, 0.3) is 0 Å². The first-order chi connectivity index (χ1) is 11.6. The molecule has 2 fully saturated rings. The smallest absolute Gasteiger partial charge is 0.313 e. The molecule has 136 valence electrons. The number of hydrogen-bond acceptors (Lipinski definition) is 2. The van der Waals surface area contributed by atoms with Gasteiger partial charge in [-0.05, 0) is 47.6 Å². The lowest BCUT2D eigenvalue weighted by atomic mass is 9.65. The Kier molecular flexibility index (Phi) is 4.42. The standard InChI is InChI=1S/C21H30N2O2/c1-14(2)16-8-6-7-9-17(16)22-18(24)19(25)23-13-21(5)11-15(23)10-20(3,4)12-21/h6-9,14-15H,10-13H2,1-5H3,(H,22,24). The molecule has 2 atom stereocenters. The molecule has 0 aromatic heterocycles. The summed E-state index contributed by atoms with van der Waals surface area (Å²) in [7, 11) is 0. The van der Waals surface area contributed by atoms with Gasteiger partial charge in [-0.2, -0.15) is 0 Å². The monoisotopic (exact) mass is 342 g/mol. The fourth-order valence-corrected chi connectivity index (χ4v) is 5.12. The van der Waals surface area contributed by atoms with E-state index >= 15 is 0 Å². The van der Waals surface area contributed by atoms with Gasteiger partial charge in [0.05, 0.1) is 0 Å². The third kappa shape index (κ3) is 3.58. The molecule has 0 spiro atoms. The van der Waals surface area contributed by atoms with Crippen LogP contribution in [-0.2, 0) is 9.59 Å². The Balaban J connectivity index is 1.75. The number of fused-ring (bicyclic) bond motifs is 2. The number of para-hydroxylation sites is 1. The summed E-state index contributed by atoms with van der Waals surface area (Å²) in [6.07, 6.45) is 3.10. The first-order valence-electron chi connectivity index (χ1n) is 9.31. The second-order valence-corrected chi connectivity index (χ2v) is 9.34. The molecule has 1 heterocycles. The van der Waals surface area contributed by atoms with E-state index in [2.05, 4.69) is 39.9 Å². The fraction of sp³-hybridized carbons (Fsp3) is 0.619. The third-order valence-corrected chi connectivity index (χ3v) is 5.70. The van der Waals surface area contributed by atoms with Gasteiger partial charge in [-0.1, -0.05) is 52.8 Å². The van der Waals surface area contributed by atoms with Crippen molar-refractivity contribution in [3.63, 3.8) is 0 Å². The van der Waals surface area contributed by atoms with Crippen molar-refractivity contribution in [2.75, 3.05) is 11.9 Å². The van der Waals surface area contributed by atoms with E-state index in [0.717, 1.165) is 30.5 Å². The molecule has 1 saturated heterocycles. The zero-order valence-corrected chi connectivity index (χ0v) is 16.1. The van der Waals surface area contributed by atoms with Crippen LogP contribution in [0, 0.1) is 10.8 Å². The Morgan fingerprint density at radius 1 is 1.16 bits per heavy atom. The maximum Gasteiger partial charge on any atom is 0.313 e. The van der Waals surface area contributed by atoms with Crippen molar-refractivity contribution in [1.82, 2.24) is 4.90 Å². The molecule has 0 radical (unpaired) electrons. The molecule has 1 N–H and O–H groups in total. The molecule has 2 amide bonds. The van der Waals surface area contributed by atoms with Gasteiger partial charge in [-0.3, -0.25) is 9.59 Å². The number of likely N-dealkylation sites (tertiary alicyclic amines) is 1. The molecule has 1 aromatic carbocycles. The first-order valence-corrected chi connectivity index (χ1v) is 9.31. The lowest BCUT2D eigenvalue weighted by Gasteiger charge is -2.39. The zero-order chi connectivity index (χ0) is 18.4. The largest absolute Gasteiger partial charge is 0.331 e. The van der Waals surface area contributed by atoms with E-state index < -0.39 is 5.91 Å². The second-order valence-electron chi connectivity index (χ2n) is 9.34. The number of rotatable bonds is 2. The van der Waals surface area contributed by atoms with E-state index in [9.17, 15) is 9.59 Å². The van der Waals surface area contributed by atoms with Gasteiger partial charge in [-0.15, -0.1) is 0 Å². The van der Waals surface area contributed by atoms with Crippen molar-refractivity contribution in [2.24, 2.45) is 10.8 Å². The van der Waals surface area contributed by atoms with Crippen LogP contribution >= 0.6 is 0 Å². The van der Waals surface area contributed by atoms with Crippen molar-refractivity contribution in [3.8, 4) is 0 Å². The minimum atomic E-state index is -0.512. The number of carbonyl (C=O) groups excluding carboxylic acids is 2. The highest BCUT2D eigenvalue weighted by Crippen LogP contribution is 2.52. The van der Waals surface area contributed by atoms with E-state index in [1.54, 1.807) is 0 Å². The molecule has 1 aliphatic heterocycles. The highest BCUT2D eigenvalue weighted by molar-refractivity contribution is 6.39. The summed E-state index contributed by atoms with van der Waals surface area (Å²) in [5.41, 5.74) is 2.16. The summed E-state index contributed by atoms with van der Waals surface area (Å²) in [5.74, 6) is -0.607. The van der Waals surface area contributed by atoms with Crippen molar-refractivity contribution in [1.29, 1.82) is 0 Å². The quantitative estimate of drug-likeness (QED) is 0.820. The van der Waals surface area contributed by atoms with Crippen LogP contribution in [0.5, 0.6) is 0 Å². The maximum absolute atomic E-state index is 12.8. The summed E-state index contributed by atoms with van der Waals surface area (Å²) in [4.78, 5) is 27.3. The molecule has 2 aliphatic rings. The van der Waals surface area contributed by atoms with Crippen LogP contribution < -0.4 is 5.32 Å². The number of anilines is 1. The lowest BCUT2D eigenvalue weighted by molar-refractivity contribution is -0.144. The topological polar surface area (TPSA) is 49.4 Å². The average Bonchev–Trinajstić information content (AvgIpc) is 2.75. The predicted molar refractivity (Wildman–Crippen MR) is 100 cm³/mol. The molecule has 3 rings (SSSR count). The van der Waals surface area contributed by atoms with Gasteiger partial charge in [0.1, 0.15) is 0 Å². The Hall–Kier alpha value is -1.84. The van der Waals surface area contributed by atoms with Crippen molar-refractivity contribution in [2.45, 2.75) is 65.8 Å². The SMILES string of the molecule is CC(C)c1ccccc1NC(=O)C(=O)N1CC2(C)CC1CC(C)(C)C2. The average molecular weight is 342 g/mol. The summed E-state index contributed by atoms with van der Waals surface area (Å²) >= 11 is 0. The maximum atomic E-state index is 12.8. The third-order valence-electron chi connectivity index (χ3n) is 5.70. The van der Waals surface area contributed by atoms with Crippen LogP contribution in [0.4, 0.5) is 5.69 Å². The summed E-state index contributed by atoms with van der Waals surface area (Å²) in [5, 5.41) is 2.85. The zero-order valence-electron chi connectivity index (χ0n) is 16.1. The second kappa shape index (κ2) is 6.15. The van der Waals surface area contributed by atoms with E-state index in [4.69, 9.17) is 0 Å². The Morgan fingerprint density at radius 3 is 2.52 bits per heavy atom. The van der Waals surface area contributed by atoms with E-state index in [-0.39, 0.29) is 28.7 Å². The highest BCUT2D eigenvalue weighted by Gasteiger charge is 2.51. The number of nitrogens with one attached hydrogen (secondary N) is 1. The fourth-order valence-electron chi connectivity index (χ4n) is 5.12. The minimum absolute atomic E-state index is 0.137. The van der Waals surface area contributed by atoms with Crippen LogP contribution in [0.2, 0.25) is 0 Å². The number of carbonyl (C=O) groups is 2. The van der Waals surface area contributed by atoms with E-state index in [0.29, 0.717) is 6.54 Å². The van der Waals surface area contributed by atoms with Crippen LogP contribution in [0.15, 0.2) is 24.3 Å². The molecular formula is C21H30N2O2. The normalized spacial score (nSPS) is 27.4. The van der Waals surface area contributed by atoms with Gasteiger partial charge in [0, 0.05) is 18.3 Å². The highest BCUT2D eigenvalue weighted by atomic mass is 16.2. The summed E-state index contributed by atoms with van der Waals surface area (Å²) in [6.45, 7) is 11.6. The molecule has 1 aromatic rings. The summed E-state index contributed by atoms with van der Waals surface area (Å²) < 4.78 is 0. The molecule has 4 heteroatoms. The van der Waals surface area contributed by atoms with Gasteiger partial charge in [0.15, 0.2) is 0 Å². The number of amides is 2. The molecule has 1 aliphatic carbocycles. The molecule has 2 bridgehead atoms. The van der Waals surface area contributed by atoms with Gasteiger partial charge in [-0.25, -0.2) is 0 Å². The van der Waals surface area contributed by atoms with Gasteiger partial charge in [0.2, 0.25) is 0 Å². The molecule has 1 saturated carbocycles. The number of benzene rings is 1. The van der Waals surface area contributed by atoms with Crippen LogP contribution in [-0.4, -0.2) is 29.3 Å². The van der Waals surface area contributed by atoms with Crippen molar-refractivity contribution < 1.29 is 9.59 Å². The molecule has 25 heavy (non-hydrogen) atoms. The first kappa shape index (κ1) is 18.0. The van der Waals surface area contributed by atoms with Crippen molar-refractivity contribution >= 4 is 17.5 Å². The van der Waals surface area contributed by atoms with Crippen LogP contribution in [0.1, 0.15) is 65.4 Å². The predicted octanol–water partition coefficient (Wildman–Crippen LogP) is 4.18. The lowest BCUT2D eigenvalue weighted by Crippen LogP contribution is -2.43. The van der Waals surface area contributed by atoms with Gasteiger partial charge >= 0.3 is 11.8 Å². The van der Waals surface area contributed by atoms with Crippen LogP contribution in [0.3, 0.4) is 0 Å². The van der Waals surface area contributed by atoms with E-state index in [1.165, 1.54) is 0 Å². The van der Waals surface area contributed by atoms with Gasteiger partial charge in [0.25, 0.3) is 0 Å². The Morgan fingerprint density at radius 2 is 1.84 bits per heavy atom. The van der Waals surface area contributed by atoms with Crippen molar-refractivity contribution in [3.05, 3.63) is 29.8 Å². The minimum Gasteiger partial charge on any atom is -0.331 e. The Bertz CT molecular complexity index is 695. The van der Waals surface area contributed by atoms with E-state index in [1.807, 2.05) is 29.2 Å². The number of hydrogen-bond donors (Lipinski definition) is 1. The Labute approximate surface area is 151 Å². The molecular weight excluding hydrogens is 312 g/mol.